The molecule has 0 unspecified atom stereocenters. The Morgan fingerprint density at radius 2 is 1.95 bits per heavy atom. The van der Waals surface area contributed by atoms with Gasteiger partial charge in [-0.3, -0.25) is 4.79 Å². The van der Waals surface area contributed by atoms with E-state index in [9.17, 15) is 4.79 Å². The molecule has 2 aromatic rings. The molecule has 0 radical (unpaired) electrons. The molecule has 1 aromatic heterocycles. The van der Waals surface area contributed by atoms with Crippen LogP contribution in [-0.4, -0.2) is 12.4 Å². The number of aryl methyl sites for hydroxylation is 1. The van der Waals surface area contributed by atoms with Crippen LogP contribution in [0.25, 0.3) is 0 Å². The molecule has 0 aliphatic rings. The van der Waals surface area contributed by atoms with Crippen molar-refractivity contribution in [3.63, 3.8) is 0 Å². The Labute approximate surface area is 127 Å². The maximum atomic E-state index is 12.5. The van der Waals surface area contributed by atoms with Gasteiger partial charge < -0.3 is 9.15 Å². The fraction of sp³-hybridized carbons (Fsp3) is 0.267. The van der Waals surface area contributed by atoms with Gasteiger partial charge in [-0.25, -0.2) is 0 Å². The van der Waals surface area contributed by atoms with Gasteiger partial charge in [0, 0.05) is 18.1 Å². The molecule has 5 heteroatoms. The second-order valence-corrected chi connectivity index (χ2v) is 4.95. The van der Waals surface area contributed by atoms with Crippen LogP contribution in [0.4, 0.5) is 0 Å². The van der Waals surface area contributed by atoms with Gasteiger partial charge >= 0.3 is 0 Å². The molecule has 3 nitrogen and oxygen atoms in total. The summed E-state index contributed by atoms with van der Waals surface area (Å²) < 4.78 is 10.6. The number of ether oxygens (including phenoxy) is 1. The van der Waals surface area contributed by atoms with Gasteiger partial charge in [0.05, 0.1) is 28.5 Å². The van der Waals surface area contributed by atoms with E-state index in [0.29, 0.717) is 45.7 Å². The Morgan fingerprint density at radius 3 is 2.60 bits per heavy atom. The fourth-order valence-electron chi connectivity index (χ4n) is 1.93. The molecular weight excluding hydrogens is 299 g/mol. The van der Waals surface area contributed by atoms with Crippen LogP contribution in [0.1, 0.15) is 35.5 Å². The predicted molar refractivity (Wildman–Crippen MR) is 79.1 cm³/mol. The minimum absolute atomic E-state index is 0.203. The van der Waals surface area contributed by atoms with Gasteiger partial charge in [0.25, 0.3) is 0 Å². The topological polar surface area (TPSA) is 39.4 Å². The van der Waals surface area contributed by atoms with Crippen LogP contribution in [0.5, 0.6) is 5.75 Å². The van der Waals surface area contributed by atoms with Gasteiger partial charge in [-0.15, -0.1) is 0 Å². The number of carbonyl (C=O) groups excluding carboxylic acids is 1. The largest absolute Gasteiger partial charge is 0.492 e. The van der Waals surface area contributed by atoms with Crippen molar-refractivity contribution in [1.29, 1.82) is 0 Å². The normalized spacial score (nSPS) is 10.6. The van der Waals surface area contributed by atoms with Crippen molar-refractivity contribution in [1.82, 2.24) is 0 Å². The van der Waals surface area contributed by atoms with Crippen molar-refractivity contribution >= 4 is 29.0 Å². The average Bonchev–Trinajstić information content (AvgIpc) is 2.90. The summed E-state index contributed by atoms with van der Waals surface area (Å²) in [4.78, 5) is 12.5. The third-order valence-corrected chi connectivity index (χ3v) is 3.49. The molecule has 1 heterocycles. The van der Waals surface area contributed by atoms with E-state index in [1.807, 2.05) is 13.8 Å². The van der Waals surface area contributed by atoms with Crippen molar-refractivity contribution < 1.29 is 13.9 Å². The number of hydrogen-bond donors (Lipinski definition) is 0. The summed E-state index contributed by atoms with van der Waals surface area (Å²) in [6.07, 6.45) is 2.13. The molecule has 0 fully saturated rings. The van der Waals surface area contributed by atoms with Crippen LogP contribution >= 0.6 is 23.2 Å². The van der Waals surface area contributed by atoms with Crippen LogP contribution in [0, 0.1) is 0 Å². The van der Waals surface area contributed by atoms with E-state index >= 15 is 0 Å². The third-order valence-electron chi connectivity index (χ3n) is 2.88. The molecule has 0 saturated heterocycles. The molecule has 2 rings (SSSR count). The molecule has 0 aliphatic heterocycles. The Balaban J connectivity index is 2.43. The maximum absolute atomic E-state index is 12.5. The minimum Gasteiger partial charge on any atom is -0.492 e. The van der Waals surface area contributed by atoms with E-state index in [1.54, 1.807) is 12.1 Å². The number of rotatable bonds is 5. The highest BCUT2D eigenvalue weighted by molar-refractivity contribution is 6.37. The molecule has 0 saturated carbocycles. The van der Waals surface area contributed by atoms with Gasteiger partial charge in [0.1, 0.15) is 11.5 Å². The van der Waals surface area contributed by atoms with E-state index in [2.05, 4.69) is 0 Å². The Kier molecular flexibility index (Phi) is 4.73. The molecule has 0 amide bonds. The van der Waals surface area contributed by atoms with Crippen LogP contribution in [0.15, 0.2) is 28.9 Å². The lowest BCUT2D eigenvalue weighted by atomic mass is 10.0. The number of hydrogen-bond acceptors (Lipinski definition) is 3. The summed E-state index contributed by atoms with van der Waals surface area (Å²) in [6, 6.07) is 4.73. The van der Waals surface area contributed by atoms with Gasteiger partial charge in [0.2, 0.25) is 0 Å². The zero-order valence-electron chi connectivity index (χ0n) is 11.2. The first-order valence-electron chi connectivity index (χ1n) is 6.31. The second kappa shape index (κ2) is 6.33. The highest BCUT2D eigenvalue weighted by atomic mass is 35.5. The van der Waals surface area contributed by atoms with Crippen molar-refractivity contribution in [2.75, 3.05) is 6.61 Å². The molecule has 20 heavy (non-hydrogen) atoms. The number of furan rings is 1. The monoisotopic (exact) mass is 312 g/mol. The molecule has 0 spiro atoms. The minimum atomic E-state index is -0.203. The maximum Gasteiger partial charge on any atom is 0.198 e. The SMILES string of the molecule is CCOc1cc(Cl)c(C(=O)c2ccoc2CC)cc1Cl. The number of carbonyl (C=O) groups is 1. The van der Waals surface area contributed by atoms with Crippen LogP contribution < -0.4 is 4.74 Å². The van der Waals surface area contributed by atoms with Gasteiger partial charge in [-0.2, -0.15) is 0 Å². The lowest BCUT2D eigenvalue weighted by Crippen LogP contribution is -2.04. The first-order chi connectivity index (χ1) is 9.58. The van der Waals surface area contributed by atoms with Crippen molar-refractivity contribution in [3.05, 3.63) is 51.4 Å². The van der Waals surface area contributed by atoms with Gasteiger partial charge in [-0.05, 0) is 19.1 Å². The van der Waals surface area contributed by atoms with E-state index in [0.717, 1.165) is 0 Å². The van der Waals surface area contributed by atoms with E-state index in [-0.39, 0.29) is 5.78 Å². The number of halogens is 2. The molecular formula is C15H14Cl2O3. The summed E-state index contributed by atoms with van der Waals surface area (Å²) >= 11 is 12.3. The highest BCUT2D eigenvalue weighted by Gasteiger charge is 2.20. The Bertz CT molecular complexity index is 632. The Hall–Kier alpha value is -1.45. The van der Waals surface area contributed by atoms with E-state index < -0.39 is 0 Å². The van der Waals surface area contributed by atoms with Crippen LogP contribution in [0.3, 0.4) is 0 Å². The summed E-state index contributed by atoms with van der Waals surface area (Å²) in [6.45, 7) is 4.25. The zero-order chi connectivity index (χ0) is 14.7. The molecule has 0 atom stereocenters. The molecule has 0 N–H and O–H groups in total. The van der Waals surface area contributed by atoms with Crippen molar-refractivity contribution in [2.45, 2.75) is 20.3 Å². The second-order valence-electron chi connectivity index (χ2n) is 4.14. The fourth-order valence-corrected chi connectivity index (χ4v) is 2.39. The quantitative estimate of drug-likeness (QED) is 0.746. The molecule has 0 aliphatic carbocycles. The first-order valence-corrected chi connectivity index (χ1v) is 7.07. The Morgan fingerprint density at radius 1 is 1.20 bits per heavy atom. The smallest absolute Gasteiger partial charge is 0.198 e. The third kappa shape index (κ3) is 2.84. The summed E-state index contributed by atoms with van der Waals surface area (Å²) in [7, 11) is 0. The van der Waals surface area contributed by atoms with Crippen molar-refractivity contribution in [3.8, 4) is 5.75 Å². The predicted octanol–water partition coefficient (Wildman–Crippen LogP) is 4.78. The molecule has 0 bridgehead atoms. The summed E-state index contributed by atoms with van der Waals surface area (Å²) in [5, 5.41) is 0.673. The molecule has 106 valence electrons. The van der Waals surface area contributed by atoms with Crippen molar-refractivity contribution in [2.24, 2.45) is 0 Å². The summed E-state index contributed by atoms with van der Waals surface area (Å²) in [5.41, 5.74) is 0.853. The van der Waals surface area contributed by atoms with E-state index in [1.165, 1.54) is 12.3 Å². The first kappa shape index (κ1) is 14.9. The van der Waals surface area contributed by atoms with Crippen LogP contribution in [-0.2, 0) is 6.42 Å². The van der Waals surface area contributed by atoms with E-state index in [4.69, 9.17) is 32.4 Å². The standard InChI is InChI=1S/C15H14Cl2O3/c1-3-13-9(5-6-20-13)15(18)10-7-12(17)14(19-4-2)8-11(10)16/h5-8H,3-4H2,1-2H3. The average molecular weight is 313 g/mol. The van der Waals surface area contributed by atoms with Gasteiger partial charge in [-0.1, -0.05) is 30.1 Å². The molecule has 1 aromatic carbocycles. The lowest BCUT2D eigenvalue weighted by molar-refractivity contribution is 0.103. The number of ketones is 1. The lowest BCUT2D eigenvalue weighted by Gasteiger charge is -2.09. The highest BCUT2D eigenvalue weighted by Crippen LogP contribution is 2.33. The number of benzene rings is 1. The van der Waals surface area contributed by atoms with Gasteiger partial charge in [0.15, 0.2) is 5.78 Å². The summed E-state index contributed by atoms with van der Waals surface area (Å²) in [5.74, 6) is 0.903. The zero-order valence-corrected chi connectivity index (χ0v) is 12.7. The van der Waals surface area contributed by atoms with Crippen LogP contribution in [0.2, 0.25) is 10.0 Å².